The van der Waals surface area contributed by atoms with Gasteiger partial charge < -0.3 is 21.5 Å². The molecule has 0 aliphatic carbocycles. The van der Waals surface area contributed by atoms with Gasteiger partial charge in [0.1, 0.15) is 0 Å². The first-order valence-electron chi connectivity index (χ1n) is 6.33. The van der Waals surface area contributed by atoms with Gasteiger partial charge in [-0.05, 0) is 26.7 Å². The Kier molecular flexibility index (Phi) is 16.4. The number of rotatable bonds is 9. The smallest absolute Gasteiger partial charge is 0.303 e. The second-order valence-electron chi connectivity index (χ2n) is 4.81. The van der Waals surface area contributed by atoms with Gasteiger partial charge in [-0.25, -0.2) is 0 Å². The van der Waals surface area contributed by atoms with Crippen LogP contribution >= 0.6 is 24.8 Å². The van der Waals surface area contributed by atoms with Crippen LogP contribution in [-0.4, -0.2) is 47.1 Å². The number of nitrogens with zero attached hydrogens (tertiary/aromatic N) is 1. The monoisotopic (exact) mass is 331 g/mol. The summed E-state index contributed by atoms with van der Waals surface area (Å²) in [5.41, 5.74) is 11.3. The number of hydrogen-bond acceptors (Lipinski definition) is 4. The SMILES string of the molecule is CC(N)CCN(CCC(C)N)C(=O)CCC(=O)O.Cl.Cl. The summed E-state index contributed by atoms with van der Waals surface area (Å²) in [6.45, 7) is 4.88. The minimum atomic E-state index is -0.956. The molecule has 0 aliphatic rings. The summed E-state index contributed by atoms with van der Waals surface area (Å²) in [5, 5.41) is 8.57. The van der Waals surface area contributed by atoms with E-state index in [9.17, 15) is 9.59 Å². The van der Waals surface area contributed by atoms with Gasteiger partial charge in [-0.3, -0.25) is 9.59 Å². The van der Waals surface area contributed by atoms with E-state index < -0.39 is 5.97 Å². The number of carbonyl (C=O) groups is 2. The Bertz CT molecular complexity index is 265. The summed E-state index contributed by atoms with van der Waals surface area (Å²) in [7, 11) is 0. The van der Waals surface area contributed by atoms with E-state index in [-0.39, 0.29) is 55.6 Å². The van der Waals surface area contributed by atoms with E-state index in [2.05, 4.69) is 0 Å². The molecule has 0 bridgehead atoms. The lowest BCUT2D eigenvalue weighted by atomic mass is 10.2. The van der Waals surface area contributed by atoms with Crippen LogP contribution in [0.5, 0.6) is 0 Å². The standard InChI is InChI=1S/C12H25N3O3.2ClH/c1-9(13)5-7-15(8-6-10(2)14)11(16)3-4-12(17)18;;/h9-10H,3-8,13-14H2,1-2H3,(H,17,18);2*1H. The Morgan fingerprint density at radius 2 is 1.40 bits per heavy atom. The second kappa shape index (κ2) is 13.4. The van der Waals surface area contributed by atoms with Crippen LogP contribution in [0.3, 0.4) is 0 Å². The molecular weight excluding hydrogens is 305 g/mol. The summed E-state index contributed by atoms with van der Waals surface area (Å²) in [6.07, 6.45) is 1.31. The van der Waals surface area contributed by atoms with Gasteiger partial charge in [0, 0.05) is 31.6 Å². The van der Waals surface area contributed by atoms with E-state index in [4.69, 9.17) is 16.6 Å². The minimum absolute atomic E-state index is 0. The average Bonchev–Trinajstić information content (AvgIpc) is 2.25. The second-order valence-corrected chi connectivity index (χ2v) is 4.81. The largest absolute Gasteiger partial charge is 0.481 e. The summed E-state index contributed by atoms with van der Waals surface area (Å²) >= 11 is 0. The Hall–Kier alpha value is -0.560. The van der Waals surface area contributed by atoms with Crippen molar-refractivity contribution >= 4 is 36.7 Å². The molecule has 0 heterocycles. The number of carboxylic acids is 1. The van der Waals surface area contributed by atoms with Gasteiger partial charge in [0.25, 0.3) is 0 Å². The van der Waals surface area contributed by atoms with Gasteiger partial charge in [0.15, 0.2) is 0 Å². The normalized spacial score (nSPS) is 12.6. The average molecular weight is 332 g/mol. The third kappa shape index (κ3) is 13.9. The summed E-state index contributed by atoms with van der Waals surface area (Å²) in [6, 6.07) is 0.0464. The Balaban J connectivity index is -0.00000144. The lowest BCUT2D eigenvalue weighted by Gasteiger charge is -2.24. The highest BCUT2D eigenvalue weighted by molar-refractivity contribution is 5.85. The van der Waals surface area contributed by atoms with E-state index in [1.165, 1.54) is 0 Å². The first kappa shape index (κ1) is 24.5. The zero-order chi connectivity index (χ0) is 14.1. The lowest BCUT2D eigenvalue weighted by molar-refractivity contribution is -0.141. The van der Waals surface area contributed by atoms with Crippen molar-refractivity contribution in [3.63, 3.8) is 0 Å². The lowest BCUT2D eigenvalue weighted by Crippen LogP contribution is -2.37. The number of carbonyl (C=O) groups excluding carboxylic acids is 1. The predicted molar refractivity (Wildman–Crippen MR) is 84.5 cm³/mol. The van der Waals surface area contributed by atoms with E-state index in [0.717, 1.165) is 0 Å². The Labute approximate surface area is 133 Å². The van der Waals surface area contributed by atoms with Gasteiger partial charge in [-0.2, -0.15) is 0 Å². The number of carboxylic acid groups (broad SMARTS) is 1. The van der Waals surface area contributed by atoms with Gasteiger partial charge in [-0.15, -0.1) is 24.8 Å². The number of hydrogen-bond donors (Lipinski definition) is 3. The van der Waals surface area contributed by atoms with Crippen molar-refractivity contribution in [2.24, 2.45) is 11.5 Å². The van der Waals surface area contributed by atoms with Crippen LogP contribution in [0.1, 0.15) is 39.5 Å². The van der Waals surface area contributed by atoms with Gasteiger partial charge in [0.05, 0.1) is 6.42 Å². The molecule has 6 nitrogen and oxygen atoms in total. The maximum atomic E-state index is 11.9. The molecule has 0 saturated heterocycles. The van der Waals surface area contributed by atoms with Crippen molar-refractivity contribution in [2.45, 2.75) is 51.6 Å². The van der Waals surface area contributed by atoms with Crippen molar-refractivity contribution in [3.05, 3.63) is 0 Å². The summed E-state index contributed by atoms with van der Waals surface area (Å²) in [4.78, 5) is 24.0. The molecule has 0 fully saturated rings. The molecule has 8 heteroatoms. The highest BCUT2D eigenvalue weighted by Crippen LogP contribution is 2.03. The molecule has 0 aromatic rings. The highest BCUT2D eigenvalue weighted by Gasteiger charge is 2.15. The molecule has 20 heavy (non-hydrogen) atoms. The number of nitrogens with two attached hydrogens (primary N) is 2. The quantitative estimate of drug-likeness (QED) is 0.583. The molecule has 0 radical (unpaired) electrons. The summed E-state index contributed by atoms with van der Waals surface area (Å²) in [5.74, 6) is -1.10. The van der Waals surface area contributed by atoms with Crippen LogP contribution in [-0.2, 0) is 9.59 Å². The molecule has 122 valence electrons. The first-order chi connectivity index (χ1) is 8.32. The molecule has 0 spiro atoms. The third-order valence-electron chi connectivity index (χ3n) is 2.61. The highest BCUT2D eigenvalue weighted by atomic mass is 35.5. The van der Waals surface area contributed by atoms with Crippen LogP contribution < -0.4 is 11.5 Å². The molecule has 2 atom stereocenters. The van der Waals surface area contributed by atoms with E-state index in [0.29, 0.717) is 25.9 Å². The maximum Gasteiger partial charge on any atom is 0.303 e. The molecule has 1 amide bonds. The van der Waals surface area contributed by atoms with Crippen LogP contribution in [0.4, 0.5) is 0 Å². The fourth-order valence-electron chi connectivity index (χ4n) is 1.45. The summed E-state index contributed by atoms with van der Waals surface area (Å²) < 4.78 is 0. The fourth-order valence-corrected chi connectivity index (χ4v) is 1.45. The molecule has 5 N–H and O–H groups in total. The molecule has 0 aromatic heterocycles. The fraction of sp³-hybridized carbons (Fsp3) is 0.833. The Morgan fingerprint density at radius 1 is 1.00 bits per heavy atom. The third-order valence-corrected chi connectivity index (χ3v) is 2.61. The van der Waals surface area contributed by atoms with E-state index in [1.54, 1.807) is 4.90 Å². The molecule has 0 aliphatic heterocycles. The van der Waals surface area contributed by atoms with Crippen molar-refractivity contribution in [3.8, 4) is 0 Å². The molecule has 2 unspecified atom stereocenters. The number of halogens is 2. The van der Waals surface area contributed by atoms with Crippen molar-refractivity contribution in [1.29, 1.82) is 0 Å². The predicted octanol–water partition coefficient (Wildman–Crippen LogP) is 0.998. The maximum absolute atomic E-state index is 11.9. The van der Waals surface area contributed by atoms with E-state index >= 15 is 0 Å². The molecule has 0 saturated carbocycles. The minimum Gasteiger partial charge on any atom is -0.481 e. The first-order valence-corrected chi connectivity index (χ1v) is 6.33. The van der Waals surface area contributed by atoms with Crippen LogP contribution in [0.2, 0.25) is 0 Å². The zero-order valence-electron chi connectivity index (χ0n) is 12.1. The number of amides is 1. The van der Waals surface area contributed by atoms with Gasteiger partial charge in [0.2, 0.25) is 5.91 Å². The Morgan fingerprint density at radius 3 is 1.70 bits per heavy atom. The van der Waals surface area contributed by atoms with Crippen LogP contribution in [0, 0.1) is 0 Å². The van der Waals surface area contributed by atoms with Crippen molar-refractivity contribution in [1.82, 2.24) is 4.90 Å². The van der Waals surface area contributed by atoms with Crippen LogP contribution in [0.15, 0.2) is 0 Å². The van der Waals surface area contributed by atoms with Crippen molar-refractivity contribution < 1.29 is 14.7 Å². The zero-order valence-corrected chi connectivity index (χ0v) is 13.7. The topological polar surface area (TPSA) is 110 Å². The molecule has 0 rings (SSSR count). The van der Waals surface area contributed by atoms with Gasteiger partial charge >= 0.3 is 5.97 Å². The van der Waals surface area contributed by atoms with Gasteiger partial charge in [-0.1, -0.05) is 0 Å². The molecule has 0 aromatic carbocycles. The van der Waals surface area contributed by atoms with Crippen LogP contribution in [0.25, 0.3) is 0 Å². The molecular formula is C12H27Cl2N3O3. The van der Waals surface area contributed by atoms with E-state index in [1.807, 2.05) is 13.8 Å². The number of aliphatic carboxylic acids is 1. The van der Waals surface area contributed by atoms with Crippen molar-refractivity contribution in [2.75, 3.05) is 13.1 Å².